The molecule has 92 valence electrons. The van der Waals surface area contributed by atoms with Crippen LogP contribution in [0.3, 0.4) is 0 Å². The second-order valence-corrected chi connectivity index (χ2v) is 8.15. The first-order valence-electron chi connectivity index (χ1n) is 5.94. The van der Waals surface area contributed by atoms with Gasteiger partial charge in [0, 0.05) is 10.8 Å². The molecule has 0 spiro atoms. The molecule has 0 atom stereocenters. The molecule has 0 saturated heterocycles. The van der Waals surface area contributed by atoms with Crippen molar-refractivity contribution in [2.45, 2.75) is 0 Å². The van der Waals surface area contributed by atoms with E-state index in [2.05, 4.69) is 80.4 Å². The number of rotatable bonds is 0. The number of halogens is 2. The Morgan fingerprint density at radius 1 is 0.579 bits per heavy atom. The van der Waals surface area contributed by atoms with Crippen LogP contribution in [-0.4, -0.2) is 0 Å². The predicted molar refractivity (Wildman–Crippen MR) is 92.2 cm³/mol. The van der Waals surface area contributed by atoms with E-state index in [1.165, 1.54) is 39.9 Å². The third-order valence-electron chi connectivity index (χ3n) is 3.51. The van der Waals surface area contributed by atoms with Crippen molar-refractivity contribution < 1.29 is 0 Å². The van der Waals surface area contributed by atoms with Crippen molar-refractivity contribution in [3.8, 4) is 0 Å². The minimum Gasteiger partial charge on any atom is -0.120 e. The highest BCUT2D eigenvalue weighted by atomic mass is 79.9. The summed E-state index contributed by atoms with van der Waals surface area (Å²) in [6.07, 6.45) is 0. The van der Waals surface area contributed by atoms with Crippen molar-refractivity contribution in [1.29, 1.82) is 0 Å². The molecule has 0 aliphatic carbocycles. The Morgan fingerprint density at radius 3 is 1.37 bits per heavy atom. The minimum absolute atomic E-state index is 1.19. The number of hydrogen-bond acceptors (Lipinski definition) is 1. The first-order valence-corrected chi connectivity index (χ1v) is 8.34. The van der Waals surface area contributed by atoms with E-state index in [-0.39, 0.29) is 0 Å². The van der Waals surface area contributed by atoms with Gasteiger partial charge < -0.3 is 0 Å². The molecule has 4 aromatic rings. The third-order valence-corrected chi connectivity index (χ3v) is 6.04. The monoisotopic (exact) mass is 390 g/mol. The van der Waals surface area contributed by atoms with Crippen LogP contribution in [0.15, 0.2) is 56.1 Å². The number of benzene rings is 3. The molecule has 1 aromatic heterocycles. The van der Waals surface area contributed by atoms with E-state index in [1.54, 1.807) is 11.3 Å². The highest BCUT2D eigenvalue weighted by Crippen LogP contribution is 2.46. The van der Waals surface area contributed by atoms with Gasteiger partial charge in [0.25, 0.3) is 0 Å². The molecule has 0 unspecified atom stereocenters. The Labute approximate surface area is 131 Å². The van der Waals surface area contributed by atoms with Crippen molar-refractivity contribution in [3.63, 3.8) is 0 Å². The Morgan fingerprint density at radius 2 is 0.947 bits per heavy atom. The van der Waals surface area contributed by atoms with Crippen molar-refractivity contribution in [3.05, 3.63) is 56.1 Å². The average Bonchev–Trinajstić information content (AvgIpc) is 2.75. The topological polar surface area (TPSA) is 0 Å². The van der Waals surface area contributed by atoms with Crippen LogP contribution in [0.5, 0.6) is 0 Å². The van der Waals surface area contributed by atoms with Crippen LogP contribution >= 0.6 is 43.2 Å². The molecular weight excluding hydrogens is 384 g/mol. The molecule has 0 N–H and O–H groups in total. The maximum atomic E-state index is 3.71. The smallest absolute Gasteiger partial charge is 0.0795 e. The maximum Gasteiger partial charge on any atom is 0.0795 e. The van der Waals surface area contributed by atoms with Gasteiger partial charge in [-0.1, -0.05) is 48.5 Å². The molecule has 1 heterocycles. The normalized spacial score (nSPS) is 11.7. The standard InChI is InChI=1S/C16H8Br2S/c17-15-13-11-7-3-1-5-9(11)10-6-2-4-8-12(10)14(13)16(18)19-15/h1-8H. The number of fused-ring (bicyclic) bond motifs is 6. The van der Waals surface area contributed by atoms with Gasteiger partial charge in [0.1, 0.15) is 0 Å². The van der Waals surface area contributed by atoms with Crippen LogP contribution in [-0.2, 0) is 0 Å². The van der Waals surface area contributed by atoms with Crippen molar-refractivity contribution in [1.82, 2.24) is 0 Å². The Balaban J connectivity index is 2.49. The lowest BCUT2D eigenvalue weighted by Gasteiger charge is -2.07. The molecular formula is C16H8Br2S. The summed E-state index contributed by atoms with van der Waals surface area (Å²) in [5.74, 6) is 0. The van der Waals surface area contributed by atoms with E-state index in [0.717, 1.165) is 0 Å². The van der Waals surface area contributed by atoms with Gasteiger partial charge in [0.05, 0.1) is 7.57 Å². The van der Waals surface area contributed by atoms with Gasteiger partial charge in [-0.3, -0.25) is 0 Å². The largest absolute Gasteiger partial charge is 0.120 e. The zero-order chi connectivity index (χ0) is 13.0. The molecule has 3 heteroatoms. The summed E-state index contributed by atoms with van der Waals surface area (Å²) in [5, 5.41) is 7.88. The minimum atomic E-state index is 1.19. The summed E-state index contributed by atoms with van der Waals surface area (Å²) >= 11 is 9.17. The highest BCUT2D eigenvalue weighted by Gasteiger charge is 2.15. The molecule has 0 saturated carbocycles. The van der Waals surface area contributed by atoms with Gasteiger partial charge >= 0.3 is 0 Å². The third kappa shape index (κ3) is 1.62. The van der Waals surface area contributed by atoms with Crippen LogP contribution in [0.2, 0.25) is 0 Å². The molecule has 0 bridgehead atoms. The molecule has 0 amide bonds. The molecule has 0 radical (unpaired) electrons. The van der Waals surface area contributed by atoms with E-state index in [4.69, 9.17) is 0 Å². The first kappa shape index (κ1) is 11.9. The van der Waals surface area contributed by atoms with Crippen molar-refractivity contribution >= 4 is 75.5 Å². The molecule has 3 aromatic carbocycles. The van der Waals surface area contributed by atoms with E-state index >= 15 is 0 Å². The van der Waals surface area contributed by atoms with Gasteiger partial charge in [0.15, 0.2) is 0 Å². The fraction of sp³-hybridized carbons (Fsp3) is 0. The van der Waals surface area contributed by atoms with Crippen LogP contribution in [0.1, 0.15) is 0 Å². The molecule has 0 nitrogen and oxygen atoms in total. The molecule has 0 aliphatic heterocycles. The Kier molecular flexibility index (Phi) is 2.69. The van der Waals surface area contributed by atoms with E-state index < -0.39 is 0 Å². The summed E-state index contributed by atoms with van der Waals surface area (Å²) in [4.78, 5) is 0. The Hall–Kier alpha value is -0.900. The van der Waals surface area contributed by atoms with Gasteiger partial charge in [-0.2, -0.15) is 0 Å². The lowest BCUT2D eigenvalue weighted by atomic mass is 9.97. The van der Waals surface area contributed by atoms with Gasteiger partial charge in [0.2, 0.25) is 0 Å². The van der Waals surface area contributed by atoms with E-state index in [9.17, 15) is 0 Å². The van der Waals surface area contributed by atoms with Crippen LogP contribution in [0, 0.1) is 0 Å². The van der Waals surface area contributed by atoms with Gasteiger partial charge in [-0.05, 0) is 53.4 Å². The maximum absolute atomic E-state index is 3.71. The zero-order valence-corrected chi connectivity index (χ0v) is 13.8. The SMILES string of the molecule is Brc1sc(Br)c2c3ccccc3c3ccccc3c12. The Bertz CT molecular complexity index is 862. The number of thiophene rings is 1. The number of hydrogen-bond donors (Lipinski definition) is 0. The van der Waals surface area contributed by atoms with E-state index in [1.807, 2.05) is 0 Å². The quantitative estimate of drug-likeness (QED) is 0.291. The molecule has 0 fully saturated rings. The predicted octanol–water partition coefficient (Wildman–Crippen LogP) is 6.73. The fourth-order valence-electron chi connectivity index (χ4n) is 2.73. The fourth-order valence-corrected chi connectivity index (χ4v) is 5.96. The van der Waals surface area contributed by atoms with Crippen molar-refractivity contribution in [2.75, 3.05) is 0 Å². The highest BCUT2D eigenvalue weighted by molar-refractivity contribution is 9.12. The first-order chi connectivity index (χ1) is 9.27. The van der Waals surface area contributed by atoms with Gasteiger partial charge in [-0.25, -0.2) is 0 Å². The van der Waals surface area contributed by atoms with Crippen molar-refractivity contribution in [2.24, 2.45) is 0 Å². The van der Waals surface area contributed by atoms with Gasteiger partial charge in [-0.15, -0.1) is 11.3 Å². The molecule has 0 aliphatic rings. The van der Waals surface area contributed by atoms with Crippen LogP contribution in [0.4, 0.5) is 0 Å². The summed E-state index contributed by atoms with van der Waals surface area (Å²) in [6.45, 7) is 0. The lowest BCUT2D eigenvalue weighted by Crippen LogP contribution is -1.80. The molecule has 4 rings (SSSR count). The summed E-state index contributed by atoms with van der Waals surface area (Å²) in [5.41, 5.74) is 0. The second-order valence-electron chi connectivity index (χ2n) is 4.49. The average molecular weight is 392 g/mol. The zero-order valence-electron chi connectivity index (χ0n) is 9.78. The summed E-state index contributed by atoms with van der Waals surface area (Å²) < 4.78 is 2.38. The van der Waals surface area contributed by atoms with Crippen LogP contribution in [0.25, 0.3) is 32.3 Å². The van der Waals surface area contributed by atoms with Crippen LogP contribution < -0.4 is 0 Å². The van der Waals surface area contributed by atoms with E-state index in [0.29, 0.717) is 0 Å². The molecule has 19 heavy (non-hydrogen) atoms. The summed E-state index contributed by atoms with van der Waals surface area (Å²) in [6, 6.07) is 17.2. The summed E-state index contributed by atoms with van der Waals surface area (Å²) in [7, 11) is 0. The lowest BCUT2D eigenvalue weighted by molar-refractivity contribution is 1.80. The second kappa shape index (κ2) is 4.30.